The quantitative estimate of drug-likeness (QED) is 0.905. The number of benzene rings is 1. The van der Waals surface area contributed by atoms with Crippen molar-refractivity contribution in [2.75, 3.05) is 6.54 Å². The second-order valence-corrected chi connectivity index (χ2v) is 5.96. The lowest BCUT2D eigenvalue weighted by atomic mass is 10.0. The third-order valence-electron chi connectivity index (χ3n) is 2.91. The van der Waals surface area contributed by atoms with E-state index in [1.54, 1.807) is 11.3 Å². The van der Waals surface area contributed by atoms with Crippen LogP contribution in [0, 0.1) is 20.8 Å². The van der Waals surface area contributed by atoms with Crippen molar-refractivity contribution in [3.63, 3.8) is 0 Å². The van der Waals surface area contributed by atoms with E-state index < -0.39 is 0 Å². The van der Waals surface area contributed by atoms with Crippen molar-refractivity contribution in [2.45, 2.75) is 33.7 Å². The molecule has 1 unspecified atom stereocenters. The number of aryl methyl sites for hydroxylation is 3. The number of hydrogen-bond acceptors (Lipinski definition) is 3. The smallest absolute Gasteiger partial charge is 0.0897 e. The monoisotopic (exact) mass is 260 g/mol. The number of aromatic nitrogens is 1. The Labute approximate surface area is 113 Å². The minimum Gasteiger partial charge on any atom is -0.306 e. The van der Waals surface area contributed by atoms with Crippen LogP contribution in [0.2, 0.25) is 0 Å². The largest absolute Gasteiger partial charge is 0.306 e. The average molecular weight is 260 g/mol. The molecule has 1 aromatic heterocycles. The highest BCUT2D eigenvalue weighted by atomic mass is 32.1. The topological polar surface area (TPSA) is 24.9 Å². The summed E-state index contributed by atoms with van der Waals surface area (Å²) in [5, 5.41) is 4.68. The molecular weight excluding hydrogens is 240 g/mol. The van der Waals surface area contributed by atoms with Gasteiger partial charge in [-0.2, -0.15) is 0 Å². The van der Waals surface area contributed by atoms with Crippen molar-refractivity contribution in [1.82, 2.24) is 10.3 Å². The van der Waals surface area contributed by atoms with Gasteiger partial charge < -0.3 is 5.32 Å². The van der Waals surface area contributed by atoms with Crippen LogP contribution >= 0.6 is 11.3 Å². The molecule has 1 atom stereocenters. The number of rotatable bonds is 4. The highest BCUT2D eigenvalue weighted by Crippen LogP contribution is 2.28. The fourth-order valence-electron chi connectivity index (χ4n) is 2.27. The van der Waals surface area contributed by atoms with Gasteiger partial charge in [0.05, 0.1) is 11.0 Å². The maximum absolute atomic E-state index is 4.37. The summed E-state index contributed by atoms with van der Waals surface area (Å²) in [6, 6.07) is 7.00. The van der Waals surface area contributed by atoms with Gasteiger partial charge in [0.1, 0.15) is 0 Å². The zero-order valence-electron chi connectivity index (χ0n) is 11.4. The minimum atomic E-state index is 0.264. The molecule has 0 saturated heterocycles. The van der Waals surface area contributed by atoms with Gasteiger partial charge in [-0.05, 0) is 32.9 Å². The van der Waals surface area contributed by atoms with E-state index in [1.165, 1.54) is 21.6 Å². The molecule has 0 spiro atoms. The van der Waals surface area contributed by atoms with Crippen molar-refractivity contribution >= 4 is 11.3 Å². The summed E-state index contributed by atoms with van der Waals surface area (Å²) in [5.41, 5.74) is 3.96. The molecule has 0 aliphatic heterocycles. The van der Waals surface area contributed by atoms with E-state index >= 15 is 0 Å². The summed E-state index contributed by atoms with van der Waals surface area (Å²) < 4.78 is 0. The zero-order chi connectivity index (χ0) is 13.1. The molecule has 1 aromatic carbocycles. The van der Waals surface area contributed by atoms with Crippen LogP contribution in [0.15, 0.2) is 24.4 Å². The molecule has 0 radical (unpaired) electrons. The van der Waals surface area contributed by atoms with Crippen LogP contribution in [0.1, 0.15) is 39.5 Å². The summed E-state index contributed by atoms with van der Waals surface area (Å²) >= 11 is 1.77. The van der Waals surface area contributed by atoms with E-state index in [0.717, 1.165) is 11.6 Å². The number of hydrogen-bond donors (Lipinski definition) is 1. The first-order valence-corrected chi connectivity index (χ1v) is 7.15. The van der Waals surface area contributed by atoms with Crippen molar-refractivity contribution in [3.8, 4) is 0 Å². The highest BCUT2D eigenvalue weighted by molar-refractivity contribution is 7.11. The van der Waals surface area contributed by atoms with Crippen LogP contribution in [0.3, 0.4) is 0 Å². The first kappa shape index (κ1) is 13.2. The average Bonchev–Trinajstić information content (AvgIpc) is 2.71. The molecule has 96 valence electrons. The maximum atomic E-state index is 4.37. The van der Waals surface area contributed by atoms with E-state index in [1.807, 2.05) is 6.20 Å². The van der Waals surface area contributed by atoms with Gasteiger partial charge >= 0.3 is 0 Å². The van der Waals surface area contributed by atoms with Crippen LogP contribution in [-0.4, -0.2) is 11.5 Å². The summed E-state index contributed by atoms with van der Waals surface area (Å²) in [7, 11) is 0. The first-order valence-electron chi connectivity index (χ1n) is 6.34. The third-order valence-corrected chi connectivity index (χ3v) is 3.89. The Kier molecular flexibility index (Phi) is 4.15. The number of thiazole rings is 1. The van der Waals surface area contributed by atoms with Gasteiger partial charge in [0.2, 0.25) is 0 Å². The van der Waals surface area contributed by atoms with Crippen LogP contribution in [0.25, 0.3) is 0 Å². The Morgan fingerprint density at radius 1 is 1.17 bits per heavy atom. The second-order valence-electron chi connectivity index (χ2n) is 4.69. The van der Waals surface area contributed by atoms with Crippen molar-refractivity contribution < 1.29 is 0 Å². The molecule has 0 fully saturated rings. The van der Waals surface area contributed by atoms with Gasteiger partial charge in [0.15, 0.2) is 0 Å². The van der Waals surface area contributed by atoms with Crippen LogP contribution in [0.5, 0.6) is 0 Å². The molecule has 0 aliphatic rings. The normalized spacial score (nSPS) is 12.7. The van der Waals surface area contributed by atoms with E-state index in [9.17, 15) is 0 Å². The summed E-state index contributed by atoms with van der Waals surface area (Å²) in [5.74, 6) is 0. The third kappa shape index (κ3) is 2.98. The fourth-order valence-corrected chi connectivity index (χ4v) is 3.16. The molecule has 0 saturated carbocycles. The van der Waals surface area contributed by atoms with Gasteiger partial charge in [-0.3, -0.25) is 0 Å². The van der Waals surface area contributed by atoms with E-state index in [4.69, 9.17) is 0 Å². The summed E-state index contributed by atoms with van der Waals surface area (Å²) in [6.45, 7) is 9.45. The van der Waals surface area contributed by atoms with Gasteiger partial charge in [0.25, 0.3) is 0 Å². The first-order chi connectivity index (χ1) is 8.60. The van der Waals surface area contributed by atoms with Gasteiger partial charge in [-0.15, -0.1) is 11.3 Å². The lowest BCUT2D eigenvalue weighted by Gasteiger charge is -2.17. The van der Waals surface area contributed by atoms with Crippen LogP contribution in [-0.2, 0) is 0 Å². The molecule has 2 aromatic rings. The Hall–Kier alpha value is -1.19. The standard InChI is InChI=1S/C15H20N2S/c1-5-16-15(14-9-17-12(4)18-14)13-7-10(2)6-11(3)8-13/h6-9,15-16H,5H2,1-4H3. The SMILES string of the molecule is CCNC(c1cc(C)cc(C)c1)c1cnc(C)s1. The van der Waals surface area contributed by atoms with E-state index in [2.05, 4.69) is 56.2 Å². The Bertz CT molecular complexity index is 511. The summed E-state index contributed by atoms with van der Waals surface area (Å²) in [6.07, 6.45) is 1.99. The maximum Gasteiger partial charge on any atom is 0.0897 e. The molecule has 3 heteroatoms. The number of nitrogens with one attached hydrogen (secondary N) is 1. The fraction of sp³-hybridized carbons (Fsp3) is 0.400. The molecule has 1 N–H and O–H groups in total. The molecule has 0 amide bonds. The molecule has 2 rings (SSSR count). The lowest BCUT2D eigenvalue weighted by molar-refractivity contribution is 0.638. The molecule has 1 heterocycles. The van der Waals surface area contributed by atoms with Gasteiger partial charge in [-0.25, -0.2) is 4.98 Å². The molecule has 2 nitrogen and oxygen atoms in total. The van der Waals surface area contributed by atoms with Gasteiger partial charge in [-0.1, -0.05) is 36.2 Å². The number of nitrogens with zero attached hydrogens (tertiary/aromatic N) is 1. The zero-order valence-corrected chi connectivity index (χ0v) is 12.3. The van der Waals surface area contributed by atoms with Gasteiger partial charge in [0, 0.05) is 11.1 Å². The van der Waals surface area contributed by atoms with Crippen molar-refractivity contribution in [1.29, 1.82) is 0 Å². The Morgan fingerprint density at radius 3 is 2.33 bits per heavy atom. The van der Waals surface area contributed by atoms with Crippen molar-refractivity contribution in [2.24, 2.45) is 0 Å². The second kappa shape index (κ2) is 5.63. The minimum absolute atomic E-state index is 0.264. The van der Waals surface area contributed by atoms with E-state index in [0.29, 0.717) is 0 Å². The predicted octanol–water partition coefficient (Wildman–Crippen LogP) is 3.77. The highest BCUT2D eigenvalue weighted by Gasteiger charge is 2.15. The predicted molar refractivity (Wildman–Crippen MR) is 78.3 cm³/mol. The Balaban J connectivity index is 2.40. The van der Waals surface area contributed by atoms with Crippen LogP contribution < -0.4 is 5.32 Å². The molecular formula is C15H20N2S. The van der Waals surface area contributed by atoms with Crippen LogP contribution in [0.4, 0.5) is 0 Å². The molecule has 0 bridgehead atoms. The van der Waals surface area contributed by atoms with E-state index in [-0.39, 0.29) is 6.04 Å². The molecule has 18 heavy (non-hydrogen) atoms. The summed E-state index contributed by atoms with van der Waals surface area (Å²) in [4.78, 5) is 5.66. The molecule has 0 aliphatic carbocycles. The Morgan fingerprint density at radius 2 is 1.83 bits per heavy atom. The lowest BCUT2D eigenvalue weighted by Crippen LogP contribution is -2.21. The van der Waals surface area contributed by atoms with Crippen molar-refractivity contribution in [3.05, 3.63) is 51.0 Å².